The molecule has 0 saturated heterocycles. The van der Waals surface area contributed by atoms with Gasteiger partial charge in [0.15, 0.2) is 0 Å². The molecule has 1 rings (SSSR count). The first-order chi connectivity index (χ1) is 7.36. The van der Waals surface area contributed by atoms with Crippen molar-refractivity contribution < 1.29 is 18.0 Å². The number of pyridine rings is 1. The molecule has 0 bridgehead atoms. The van der Waals surface area contributed by atoms with Crippen LogP contribution >= 0.6 is 0 Å². The Kier molecular flexibility index (Phi) is 3.18. The van der Waals surface area contributed by atoms with Crippen LogP contribution in [0.5, 0.6) is 0 Å². The quantitative estimate of drug-likeness (QED) is 0.684. The molecule has 1 amide bonds. The van der Waals surface area contributed by atoms with Crippen molar-refractivity contribution in [2.45, 2.75) is 6.18 Å². The fraction of sp³-hybridized carbons (Fsp3) is 0.200. The van der Waals surface area contributed by atoms with E-state index in [0.29, 0.717) is 4.90 Å². The minimum Gasteiger partial charge on any atom is -0.292 e. The van der Waals surface area contributed by atoms with Gasteiger partial charge in [0.2, 0.25) is 0 Å². The molecule has 0 aromatic carbocycles. The van der Waals surface area contributed by atoms with Crippen molar-refractivity contribution in [3.63, 3.8) is 0 Å². The standard InChI is InChI=1S/C10H7F3N2O/c1-3-7-5-4-6-8(14-7)15(2)9(16)10(11,12)13/h1,4-6H,2H3. The summed E-state index contributed by atoms with van der Waals surface area (Å²) >= 11 is 0. The Hall–Kier alpha value is -2.03. The number of anilines is 1. The molecular weight excluding hydrogens is 221 g/mol. The predicted molar refractivity (Wildman–Crippen MR) is 51.6 cm³/mol. The van der Waals surface area contributed by atoms with Gasteiger partial charge >= 0.3 is 12.1 Å². The summed E-state index contributed by atoms with van der Waals surface area (Å²) in [5.41, 5.74) is 0.166. The first-order valence-corrected chi connectivity index (χ1v) is 4.15. The number of carbonyl (C=O) groups excluding carboxylic acids is 1. The SMILES string of the molecule is C#Cc1cccc(N(C)C(=O)C(F)(F)F)n1. The maximum atomic E-state index is 12.1. The third kappa shape index (κ3) is 2.51. The number of amides is 1. The van der Waals surface area contributed by atoms with E-state index in [2.05, 4.69) is 10.9 Å². The van der Waals surface area contributed by atoms with Crippen molar-refractivity contribution in [3.8, 4) is 12.3 Å². The maximum Gasteiger partial charge on any atom is 0.471 e. The van der Waals surface area contributed by atoms with Crippen molar-refractivity contribution in [3.05, 3.63) is 23.9 Å². The van der Waals surface area contributed by atoms with E-state index in [4.69, 9.17) is 6.42 Å². The van der Waals surface area contributed by atoms with Gasteiger partial charge in [-0.25, -0.2) is 4.98 Å². The van der Waals surface area contributed by atoms with Crippen molar-refractivity contribution in [1.29, 1.82) is 0 Å². The molecule has 0 spiro atoms. The second kappa shape index (κ2) is 4.23. The summed E-state index contributed by atoms with van der Waals surface area (Å²) in [5, 5.41) is 0. The van der Waals surface area contributed by atoms with Gasteiger partial charge in [-0.2, -0.15) is 13.2 Å². The molecule has 1 heterocycles. The van der Waals surface area contributed by atoms with Gasteiger partial charge in [0.1, 0.15) is 11.5 Å². The van der Waals surface area contributed by atoms with Gasteiger partial charge < -0.3 is 0 Å². The lowest BCUT2D eigenvalue weighted by Crippen LogP contribution is -2.38. The van der Waals surface area contributed by atoms with Crippen molar-refractivity contribution >= 4 is 11.7 Å². The Labute approximate surface area is 89.9 Å². The minimum atomic E-state index is -4.93. The molecule has 0 aliphatic rings. The van der Waals surface area contributed by atoms with Crippen LogP contribution in [0.25, 0.3) is 0 Å². The fourth-order valence-electron chi connectivity index (χ4n) is 0.985. The van der Waals surface area contributed by atoms with Gasteiger partial charge in [-0.05, 0) is 12.1 Å². The van der Waals surface area contributed by atoms with Crippen molar-refractivity contribution in [2.24, 2.45) is 0 Å². The molecule has 84 valence electrons. The van der Waals surface area contributed by atoms with Crippen molar-refractivity contribution in [2.75, 3.05) is 11.9 Å². The summed E-state index contributed by atoms with van der Waals surface area (Å²) in [4.78, 5) is 15.0. The lowest BCUT2D eigenvalue weighted by molar-refractivity contribution is -0.170. The summed E-state index contributed by atoms with van der Waals surface area (Å²) < 4.78 is 36.3. The second-order valence-corrected chi connectivity index (χ2v) is 2.89. The molecule has 1 aromatic rings. The summed E-state index contributed by atoms with van der Waals surface area (Å²) in [6, 6.07) is 4.15. The zero-order valence-electron chi connectivity index (χ0n) is 8.25. The number of hydrogen-bond acceptors (Lipinski definition) is 2. The van der Waals surface area contributed by atoms with Crippen molar-refractivity contribution in [1.82, 2.24) is 4.98 Å². The van der Waals surface area contributed by atoms with E-state index in [0.717, 1.165) is 7.05 Å². The number of carbonyl (C=O) groups is 1. The Bertz CT molecular complexity index is 448. The number of alkyl halides is 3. The Balaban J connectivity index is 3.02. The monoisotopic (exact) mass is 228 g/mol. The van der Waals surface area contributed by atoms with Crippen LogP contribution < -0.4 is 4.90 Å². The number of nitrogens with zero attached hydrogens (tertiary/aromatic N) is 2. The van der Waals surface area contributed by atoms with Crippen LogP contribution in [0, 0.1) is 12.3 Å². The van der Waals surface area contributed by atoms with E-state index in [9.17, 15) is 18.0 Å². The topological polar surface area (TPSA) is 33.2 Å². The van der Waals surface area contributed by atoms with Crippen LogP contribution in [-0.2, 0) is 4.79 Å². The molecular formula is C10H7F3N2O. The smallest absolute Gasteiger partial charge is 0.292 e. The highest BCUT2D eigenvalue weighted by molar-refractivity contribution is 5.95. The summed E-state index contributed by atoms with van der Waals surface area (Å²) in [6.07, 6.45) is 0.115. The third-order valence-electron chi connectivity index (χ3n) is 1.77. The van der Waals surface area contributed by atoms with E-state index in [1.54, 1.807) is 0 Å². The summed E-state index contributed by atoms with van der Waals surface area (Å²) in [5.74, 6) is 0.0371. The fourth-order valence-corrected chi connectivity index (χ4v) is 0.985. The summed E-state index contributed by atoms with van der Waals surface area (Å²) in [7, 11) is 0.985. The number of aromatic nitrogens is 1. The molecule has 0 unspecified atom stereocenters. The van der Waals surface area contributed by atoms with E-state index in [-0.39, 0.29) is 11.5 Å². The highest BCUT2D eigenvalue weighted by atomic mass is 19.4. The number of terminal acetylenes is 1. The van der Waals surface area contributed by atoms with Gasteiger partial charge in [-0.15, -0.1) is 6.42 Å². The molecule has 0 aliphatic heterocycles. The average molecular weight is 228 g/mol. The third-order valence-corrected chi connectivity index (χ3v) is 1.77. The molecule has 0 atom stereocenters. The van der Waals surface area contributed by atoms with Gasteiger partial charge in [0.25, 0.3) is 0 Å². The molecule has 6 heteroatoms. The average Bonchev–Trinajstić information content (AvgIpc) is 2.26. The summed E-state index contributed by atoms with van der Waals surface area (Å²) in [6.45, 7) is 0. The van der Waals surface area contributed by atoms with Crippen LogP contribution in [0.15, 0.2) is 18.2 Å². The lowest BCUT2D eigenvalue weighted by Gasteiger charge is -2.17. The lowest BCUT2D eigenvalue weighted by atomic mass is 10.3. The van der Waals surface area contributed by atoms with E-state index in [1.165, 1.54) is 18.2 Å². The molecule has 0 aliphatic carbocycles. The molecule has 0 saturated carbocycles. The number of hydrogen-bond donors (Lipinski definition) is 0. The van der Waals surface area contributed by atoms with Gasteiger partial charge in [-0.3, -0.25) is 9.69 Å². The first kappa shape index (κ1) is 12.0. The van der Waals surface area contributed by atoms with Crippen LogP contribution in [-0.4, -0.2) is 24.1 Å². The van der Waals surface area contributed by atoms with E-state index >= 15 is 0 Å². The molecule has 0 radical (unpaired) electrons. The predicted octanol–water partition coefficient (Wildman–Crippen LogP) is 1.59. The van der Waals surface area contributed by atoms with Gasteiger partial charge in [-0.1, -0.05) is 12.0 Å². The highest BCUT2D eigenvalue weighted by Crippen LogP contribution is 2.21. The largest absolute Gasteiger partial charge is 0.471 e. The zero-order valence-corrected chi connectivity index (χ0v) is 8.25. The molecule has 0 N–H and O–H groups in total. The van der Waals surface area contributed by atoms with Crippen LogP contribution in [0.2, 0.25) is 0 Å². The molecule has 3 nitrogen and oxygen atoms in total. The van der Waals surface area contributed by atoms with Crippen LogP contribution in [0.4, 0.5) is 19.0 Å². The number of halogens is 3. The molecule has 0 fully saturated rings. The van der Waals surface area contributed by atoms with Gasteiger partial charge in [0, 0.05) is 7.05 Å². The Morgan fingerprint density at radius 3 is 2.62 bits per heavy atom. The zero-order chi connectivity index (χ0) is 12.3. The Morgan fingerprint density at radius 1 is 1.50 bits per heavy atom. The van der Waals surface area contributed by atoms with Crippen LogP contribution in [0.1, 0.15) is 5.69 Å². The normalized spacial score (nSPS) is 10.7. The van der Waals surface area contributed by atoms with E-state index in [1.807, 2.05) is 0 Å². The van der Waals surface area contributed by atoms with Crippen LogP contribution in [0.3, 0.4) is 0 Å². The Morgan fingerprint density at radius 2 is 2.12 bits per heavy atom. The molecule has 16 heavy (non-hydrogen) atoms. The second-order valence-electron chi connectivity index (χ2n) is 2.89. The first-order valence-electron chi connectivity index (χ1n) is 4.15. The minimum absolute atomic E-state index is 0.141. The maximum absolute atomic E-state index is 12.1. The van der Waals surface area contributed by atoms with Gasteiger partial charge in [0.05, 0.1) is 0 Å². The highest BCUT2D eigenvalue weighted by Gasteiger charge is 2.42. The number of rotatable bonds is 1. The van der Waals surface area contributed by atoms with E-state index < -0.39 is 12.1 Å². The molecule has 1 aromatic heterocycles.